The number of benzene rings is 1. The second kappa shape index (κ2) is 4.84. The minimum absolute atomic E-state index is 0.507. The lowest BCUT2D eigenvalue weighted by Crippen LogP contribution is -1.97. The number of hydrogen-bond acceptors (Lipinski definition) is 1. The van der Waals surface area contributed by atoms with Crippen LogP contribution in [0, 0.1) is 0 Å². The summed E-state index contributed by atoms with van der Waals surface area (Å²) in [6.45, 7) is 4.45. The quantitative estimate of drug-likeness (QED) is 0.784. The van der Waals surface area contributed by atoms with Gasteiger partial charge in [0, 0.05) is 33.4 Å². The van der Waals surface area contributed by atoms with Crippen molar-refractivity contribution < 1.29 is 0 Å². The minimum Gasteiger partial charge on any atom is -0.345 e. The van der Waals surface area contributed by atoms with Gasteiger partial charge in [0.2, 0.25) is 0 Å². The van der Waals surface area contributed by atoms with Crippen LogP contribution in [-0.4, -0.2) is 10.8 Å². The zero-order valence-corrected chi connectivity index (χ0v) is 12.2. The Hall–Kier alpha value is -0.410. The summed E-state index contributed by atoms with van der Waals surface area (Å²) < 4.78 is 3.56. The van der Waals surface area contributed by atoms with E-state index >= 15 is 0 Å². The first-order chi connectivity index (χ1) is 7.65. The van der Waals surface area contributed by atoms with Crippen molar-refractivity contribution in [2.45, 2.75) is 25.6 Å². The van der Waals surface area contributed by atoms with Crippen LogP contribution in [0.15, 0.2) is 28.9 Å². The summed E-state index contributed by atoms with van der Waals surface area (Å²) >= 11 is 5.53. The molecule has 0 aliphatic carbocycles. The molecule has 1 nitrogen and oxygen atoms in total. The molecule has 1 aromatic heterocycles. The van der Waals surface area contributed by atoms with Crippen molar-refractivity contribution >= 4 is 38.6 Å². The summed E-state index contributed by atoms with van der Waals surface area (Å²) in [5.41, 5.74) is 2.75. The van der Waals surface area contributed by atoms with Crippen LogP contribution >= 0.6 is 27.7 Å². The monoisotopic (exact) mass is 297 g/mol. The second-order valence-electron chi connectivity index (χ2n) is 4.22. The molecule has 16 heavy (non-hydrogen) atoms. The van der Waals surface area contributed by atoms with Crippen LogP contribution < -0.4 is 0 Å². The highest BCUT2D eigenvalue weighted by molar-refractivity contribution is 9.10. The predicted molar refractivity (Wildman–Crippen MR) is 77.2 cm³/mol. The fraction of sp³-hybridized carbons (Fsp3) is 0.385. The van der Waals surface area contributed by atoms with Crippen LogP contribution in [0.1, 0.15) is 25.5 Å². The maximum atomic E-state index is 3.66. The number of fused-ring (bicyclic) bond motifs is 1. The smallest absolute Gasteiger partial charge is 0.0497 e. The van der Waals surface area contributed by atoms with E-state index in [1.807, 2.05) is 11.8 Å². The standard InChI is InChI=1S/C13H16BrNS/c1-9(2)15-7-10(8-16-3)13-11(14)5-4-6-12(13)15/h4-7,9H,8H2,1-3H3. The molecule has 0 saturated heterocycles. The molecular formula is C13H16BrNS. The van der Waals surface area contributed by atoms with Gasteiger partial charge in [-0.3, -0.25) is 0 Å². The maximum Gasteiger partial charge on any atom is 0.0497 e. The number of aromatic nitrogens is 1. The molecule has 1 aromatic carbocycles. The highest BCUT2D eigenvalue weighted by atomic mass is 79.9. The molecule has 3 heteroatoms. The summed E-state index contributed by atoms with van der Waals surface area (Å²) in [7, 11) is 0. The SMILES string of the molecule is CSCc1cn(C(C)C)c2cccc(Br)c12. The van der Waals surface area contributed by atoms with Crippen LogP contribution in [0.2, 0.25) is 0 Å². The molecule has 2 aromatic rings. The molecule has 0 spiro atoms. The van der Waals surface area contributed by atoms with Gasteiger partial charge in [-0.2, -0.15) is 11.8 Å². The molecule has 0 fully saturated rings. The Bertz CT molecular complexity index is 502. The van der Waals surface area contributed by atoms with Gasteiger partial charge in [0.05, 0.1) is 0 Å². The Morgan fingerprint density at radius 3 is 2.75 bits per heavy atom. The largest absolute Gasteiger partial charge is 0.345 e. The number of thioether (sulfide) groups is 1. The van der Waals surface area contributed by atoms with E-state index in [0.717, 1.165) is 5.75 Å². The molecule has 0 N–H and O–H groups in total. The molecule has 0 saturated carbocycles. The molecule has 0 aliphatic rings. The Kier molecular flexibility index (Phi) is 3.65. The Morgan fingerprint density at radius 1 is 1.38 bits per heavy atom. The van der Waals surface area contributed by atoms with E-state index in [9.17, 15) is 0 Å². The first-order valence-electron chi connectivity index (χ1n) is 5.42. The van der Waals surface area contributed by atoms with E-state index in [1.165, 1.54) is 20.9 Å². The van der Waals surface area contributed by atoms with Crippen LogP contribution in [0.3, 0.4) is 0 Å². The average molecular weight is 298 g/mol. The van der Waals surface area contributed by atoms with Gasteiger partial charge < -0.3 is 4.57 Å². The Balaban J connectivity index is 2.71. The number of halogens is 1. The third kappa shape index (κ3) is 2.03. The lowest BCUT2D eigenvalue weighted by atomic mass is 10.2. The van der Waals surface area contributed by atoms with Crippen molar-refractivity contribution in [3.05, 3.63) is 34.4 Å². The second-order valence-corrected chi connectivity index (χ2v) is 5.94. The third-order valence-corrected chi connectivity index (χ3v) is 4.00. The van der Waals surface area contributed by atoms with Gasteiger partial charge in [-0.25, -0.2) is 0 Å². The Morgan fingerprint density at radius 2 is 2.12 bits per heavy atom. The molecule has 0 atom stereocenters. The van der Waals surface area contributed by atoms with Crippen LogP contribution in [-0.2, 0) is 5.75 Å². The maximum absolute atomic E-state index is 3.66. The summed E-state index contributed by atoms with van der Waals surface area (Å²) in [4.78, 5) is 0. The van der Waals surface area contributed by atoms with Crippen LogP contribution in [0.4, 0.5) is 0 Å². The van der Waals surface area contributed by atoms with Gasteiger partial charge in [0.1, 0.15) is 0 Å². The van der Waals surface area contributed by atoms with Crippen molar-refractivity contribution in [2.24, 2.45) is 0 Å². The zero-order valence-electron chi connectivity index (χ0n) is 9.83. The molecule has 0 aliphatic heterocycles. The van der Waals surface area contributed by atoms with Crippen LogP contribution in [0.25, 0.3) is 10.9 Å². The van der Waals surface area contributed by atoms with Gasteiger partial charge in [-0.15, -0.1) is 0 Å². The molecule has 0 bridgehead atoms. The van der Waals surface area contributed by atoms with Crippen molar-refractivity contribution in [1.29, 1.82) is 0 Å². The van der Waals surface area contributed by atoms with E-state index in [4.69, 9.17) is 0 Å². The lowest BCUT2D eigenvalue weighted by molar-refractivity contribution is 0.621. The van der Waals surface area contributed by atoms with E-state index in [2.05, 4.69) is 65.0 Å². The Labute approximate surface area is 109 Å². The summed E-state index contributed by atoms with van der Waals surface area (Å²) in [5, 5.41) is 1.37. The molecular weight excluding hydrogens is 282 g/mol. The van der Waals surface area contributed by atoms with Crippen molar-refractivity contribution in [3.8, 4) is 0 Å². The molecule has 1 heterocycles. The van der Waals surface area contributed by atoms with Gasteiger partial charge >= 0.3 is 0 Å². The normalized spacial score (nSPS) is 11.6. The van der Waals surface area contributed by atoms with Gasteiger partial charge in [0.15, 0.2) is 0 Å². The van der Waals surface area contributed by atoms with E-state index in [1.54, 1.807) is 0 Å². The fourth-order valence-corrected chi connectivity index (χ4v) is 3.18. The van der Waals surface area contributed by atoms with Crippen molar-refractivity contribution in [2.75, 3.05) is 6.26 Å². The average Bonchev–Trinajstić information content (AvgIpc) is 2.59. The summed E-state index contributed by atoms with van der Waals surface area (Å²) in [5.74, 6) is 1.07. The third-order valence-electron chi connectivity index (χ3n) is 2.74. The van der Waals surface area contributed by atoms with Crippen LogP contribution in [0.5, 0.6) is 0 Å². The molecule has 86 valence electrons. The van der Waals surface area contributed by atoms with Crippen molar-refractivity contribution in [1.82, 2.24) is 4.57 Å². The minimum atomic E-state index is 0.507. The molecule has 0 unspecified atom stereocenters. The summed E-state index contributed by atoms with van der Waals surface area (Å²) in [6.07, 6.45) is 4.44. The summed E-state index contributed by atoms with van der Waals surface area (Å²) in [6, 6.07) is 6.93. The highest BCUT2D eigenvalue weighted by Gasteiger charge is 2.12. The van der Waals surface area contributed by atoms with Crippen molar-refractivity contribution in [3.63, 3.8) is 0 Å². The predicted octanol–water partition coefficient (Wildman–Crippen LogP) is 4.85. The highest BCUT2D eigenvalue weighted by Crippen LogP contribution is 2.32. The lowest BCUT2D eigenvalue weighted by Gasteiger charge is -2.08. The molecule has 2 rings (SSSR count). The number of hydrogen-bond donors (Lipinski definition) is 0. The van der Waals surface area contributed by atoms with Gasteiger partial charge in [0.25, 0.3) is 0 Å². The molecule has 0 amide bonds. The fourth-order valence-electron chi connectivity index (χ4n) is 2.04. The topological polar surface area (TPSA) is 4.93 Å². The first-order valence-corrected chi connectivity index (χ1v) is 7.60. The molecule has 0 radical (unpaired) electrons. The van der Waals surface area contributed by atoms with E-state index in [0.29, 0.717) is 6.04 Å². The number of nitrogens with zero attached hydrogens (tertiary/aromatic N) is 1. The van der Waals surface area contributed by atoms with Gasteiger partial charge in [-0.1, -0.05) is 22.0 Å². The van der Waals surface area contributed by atoms with E-state index < -0.39 is 0 Å². The number of rotatable bonds is 3. The van der Waals surface area contributed by atoms with E-state index in [-0.39, 0.29) is 0 Å². The van der Waals surface area contributed by atoms with Gasteiger partial charge in [-0.05, 0) is 37.8 Å². The zero-order chi connectivity index (χ0) is 11.7. The first kappa shape index (κ1) is 12.1.